The van der Waals surface area contributed by atoms with Gasteiger partial charge < -0.3 is 4.90 Å². The van der Waals surface area contributed by atoms with Gasteiger partial charge in [-0.2, -0.15) is 13.2 Å². The van der Waals surface area contributed by atoms with Gasteiger partial charge in [0.25, 0.3) is 5.91 Å². The number of alkyl halides is 3. The van der Waals surface area contributed by atoms with Crippen molar-refractivity contribution in [3.8, 4) is 11.3 Å². The highest BCUT2D eigenvalue weighted by atomic mass is 35.5. The van der Waals surface area contributed by atoms with Crippen molar-refractivity contribution in [3.05, 3.63) is 101 Å². The van der Waals surface area contributed by atoms with Gasteiger partial charge in [0, 0.05) is 67.1 Å². The van der Waals surface area contributed by atoms with Crippen molar-refractivity contribution in [2.45, 2.75) is 19.6 Å². The van der Waals surface area contributed by atoms with Gasteiger partial charge in [0.1, 0.15) is 5.69 Å². The third-order valence-corrected chi connectivity index (χ3v) is 7.06. The maximum Gasteiger partial charge on any atom is 0.416 e. The quantitative estimate of drug-likeness (QED) is 0.334. The summed E-state index contributed by atoms with van der Waals surface area (Å²) in [6, 6.07) is 14.9. The largest absolute Gasteiger partial charge is 0.416 e. The average molecular weight is 555 g/mol. The van der Waals surface area contributed by atoms with E-state index >= 15 is 0 Å². The van der Waals surface area contributed by atoms with Crippen molar-refractivity contribution in [1.82, 2.24) is 19.5 Å². The van der Waals surface area contributed by atoms with Crippen LogP contribution in [0.3, 0.4) is 0 Å². The van der Waals surface area contributed by atoms with E-state index in [2.05, 4.69) is 20.3 Å². The third kappa shape index (κ3) is 6.07. The van der Waals surface area contributed by atoms with E-state index in [1.807, 2.05) is 30.0 Å². The fourth-order valence-electron chi connectivity index (χ4n) is 4.65. The first-order chi connectivity index (χ1) is 18.7. The van der Waals surface area contributed by atoms with Crippen LogP contribution in [0.5, 0.6) is 0 Å². The van der Waals surface area contributed by atoms with Crippen molar-refractivity contribution < 1.29 is 18.0 Å². The van der Waals surface area contributed by atoms with E-state index in [1.54, 1.807) is 22.9 Å². The lowest BCUT2D eigenvalue weighted by atomic mass is 10.1. The summed E-state index contributed by atoms with van der Waals surface area (Å²) < 4.78 is 41.2. The van der Waals surface area contributed by atoms with Gasteiger partial charge in [-0.3, -0.25) is 24.8 Å². The highest BCUT2D eigenvalue weighted by molar-refractivity contribution is 6.30. The van der Waals surface area contributed by atoms with E-state index in [0.717, 1.165) is 28.6 Å². The van der Waals surface area contributed by atoms with Crippen LogP contribution in [0, 0.1) is 6.92 Å². The van der Waals surface area contributed by atoms with Gasteiger partial charge in [0.2, 0.25) is 0 Å². The number of nitrogens with zero attached hydrogens (tertiary/aromatic N) is 5. The Bertz CT molecular complexity index is 1450. The zero-order chi connectivity index (χ0) is 27.6. The van der Waals surface area contributed by atoms with Crippen LogP contribution in [0.4, 0.5) is 18.9 Å². The van der Waals surface area contributed by atoms with Crippen LogP contribution in [0.15, 0.2) is 73.2 Å². The summed E-state index contributed by atoms with van der Waals surface area (Å²) in [7, 11) is 0. The van der Waals surface area contributed by atoms with Crippen LogP contribution < -0.4 is 10.3 Å². The molecule has 1 fully saturated rings. The highest BCUT2D eigenvalue weighted by Crippen LogP contribution is 2.32. The predicted octanol–water partition coefficient (Wildman–Crippen LogP) is 5.63. The molecule has 7 nitrogen and oxygen atoms in total. The fourth-order valence-corrected chi connectivity index (χ4v) is 4.78. The van der Waals surface area contributed by atoms with Crippen molar-refractivity contribution in [3.63, 3.8) is 0 Å². The summed E-state index contributed by atoms with van der Waals surface area (Å²) in [5.74, 6) is -0.390. The van der Waals surface area contributed by atoms with Crippen LogP contribution in [0.2, 0.25) is 5.02 Å². The minimum atomic E-state index is -4.37. The van der Waals surface area contributed by atoms with E-state index in [0.29, 0.717) is 43.4 Å². The second kappa shape index (κ2) is 11.1. The van der Waals surface area contributed by atoms with Crippen LogP contribution in [-0.4, -0.2) is 51.6 Å². The monoisotopic (exact) mass is 554 g/mol. The van der Waals surface area contributed by atoms with E-state index in [-0.39, 0.29) is 5.69 Å². The average Bonchev–Trinajstić information content (AvgIpc) is 3.24. The number of anilines is 1. The first-order valence-electron chi connectivity index (χ1n) is 12.4. The molecule has 0 radical (unpaired) electrons. The van der Waals surface area contributed by atoms with Gasteiger partial charge in [-0.1, -0.05) is 29.8 Å². The standard InChI is InChI=1S/C28H26ClF3N6O/c1-19-21(18-36-11-13-37(14-12-36)24-4-2-3-22(16-24)28(30,31)32)15-26(20-5-7-23(29)8-6-20)38(19)35-27(39)25-17-33-9-10-34-25/h2-10,15-17H,11-14,18H2,1H3,(H,35,39). The molecule has 0 unspecified atom stereocenters. The number of benzene rings is 2. The number of carbonyl (C=O) groups is 1. The van der Waals surface area contributed by atoms with E-state index < -0.39 is 17.6 Å². The first-order valence-corrected chi connectivity index (χ1v) is 12.8. The number of hydrogen-bond donors (Lipinski definition) is 1. The van der Waals surface area contributed by atoms with Crippen molar-refractivity contribution >= 4 is 23.2 Å². The molecule has 4 aromatic rings. The van der Waals surface area contributed by atoms with Crippen LogP contribution in [0.1, 0.15) is 27.3 Å². The molecule has 0 atom stereocenters. The maximum atomic E-state index is 13.2. The zero-order valence-electron chi connectivity index (χ0n) is 21.1. The normalized spacial score (nSPS) is 14.4. The molecule has 3 heterocycles. The highest BCUT2D eigenvalue weighted by Gasteiger charge is 2.31. The number of amides is 1. The second-order valence-corrected chi connectivity index (χ2v) is 9.76. The number of nitrogens with one attached hydrogen (secondary N) is 1. The van der Waals surface area contributed by atoms with Crippen molar-refractivity contribution in [2.24, 2.45) is 0 Å². The van der Waals surface area contributed by atoms with Crippen molar-refractivity contribution in [2.75, 3.05) is 36.5 Å². The molecule has 0 aliphatic carbocycles. The molecule has 39 heavy (non-hydrogen) atoms. The minimum absolute atomic E-state index is 0.194. The summed E-state index contributed by atoms with van der Waals surface area (Å²) in [6.45, 7) is 5.14. The Morgan fingerprint density at radius 3 is 2.44 bits per heavy atom. The van der Waals surface area contributed by atoms with Crippen LogP contribution in [-0.2, 0) is 12.7 Å². The number of piperazine rings is 1. The summed E-state index contributed by atoms with van der Waals surface area (Å²) in [6.07, 6.45) is -0.00255. The molecule has 202 valence electrons. The molecule has 1 aliphatic heterocycles. The van der Waals surface area contributed by atoms with Gasteiger partial charge >= 0.3 is 6.18 Å². The lowest BCUT2D eigenvalue weighted by Gasteiger charge is -2.36. The lowest BCUT2D eigenvalue weighted by molar-refractivity contribution is -0.137. The number of carbonyl (C=O) groups excluding carboxylic acids is 1. The number of rotatable bonds is 6. The second-order valence-electron chi connectivity index (χ2n) is 9.33. The van der Waals surface area contributed by atoms with E-state index in [9.17, 15) is 18.0 Å². The molecule has 0 spiro atoms. The topological polar surface area (TPSA) is 66.3 Å². The first kappa shape index (κ1) is 26.7. The lowest BCUT2D eigenvalue weighted by Crippen LogP contribution is -2.46. The Hall–Kier alpha value is -3.89. The molecular weight excluding hydrogens is 529 g/mol. The Kier molecular flexibility index (Phi) is 7.58. The number of hydrogen-bond acceptors (Lipinski definition) is 5. The smallest absolute Gasteiger partial charge is 0.369 e. The fraction of sp³-hybridized carbons (Fsp3) is 0.250. The summed E-state index contributed by atoms with van der Waals surface area (Å²) >= 11 is 6.10. The Labute approximate surface area is 228 Å². The zero-order valence-corrected chi connectivity index (χ0v) is 21.9. The molecule has 5 rings (SSSR count). The molecule has 11 heteroatoms. The Morgan fingerprint density at radius 2 is 1.77 bits per heavy atom. The molecule has 0 bridgehead atoms. The van der Waals surface area contributed by atoms with Gasteiger partial charge in [0.05, 0.1) is 17.5 Å². The SMILES string of the molecule is Cc1c(CN2CCN(c3cccc(C(F)(F)F)c3)CC2)cc(-c2ccc(Cl)cc2)n1NC(=O)c1cnccn1. The molecule has 1 aliphatic rings. The van der Waals surface area contributed by atoms with Crippen molar-refractivity contribution in [1.29, 1.82) is 0 Å². The summed E-state index contributed by atoms with van der Waals surface area (Å²) in [5.41, 5.74) is 6.61. The van der Waals surface area contributed by atoms with Gasteiger partial charge in [0.15, 0.2) is 0 Å². The molecule has 1 amide bonds. The minimum Gasteiger partial charge on any atom is -0.369 e. The Morgan fingerprint density at radius 1 is 1.03 bits per heavy atom. The summed E-state index contributed by atoms with van der Waals surface area (Å²) in [5, 5.41) is 0.607. The maximum absolute atomic E-state index is 13.2. The third-order valence-electron chi connectivity index (χ3n) is 6.81. The molecule has 2 aromatic heterocycles. The Balaban J connectivity index is 1.34. The van der Waals surface area contributed by atoms with Gasteiger partial charge in [-0.25, -0.2) is 4.98 Å². The summed E-state index contributed by atoms with van der Waals surface area (Å²) in [4.78, 5) is 25.2. The van der Waals surface area contributed by atoms with Crippen LogP contribution >= 0.6 is 11.6 Å². The van der Waals surface area contributed by atoms with Gasteiger partial charge in [-0.05, 0) is 48.9 Å². The van der Waals surface area contributed by atoms with Gasteiger partial charge in [-0.15, -0.1) is 0 Å². The molecular formula is C28H26ClF3N6O. The van der Waals surface area contributed by atoms with E-state index in [1.165, 1.54) is 30.7 Å². The number of aromatic nitrogens is 3. The molecule has 1 N–H and O–H groups in total. The predicted molar refractivity (Wildman–Crippen MR) is 144 cm³/mol. The number of halogens is 4. The van der Waals surface area contributed by atoms with Crippen LogP contribution in [0.25, 0.3) is 11.3 Å². The molecule has 1 saturated heterocycles. The molecule has 2 aromatic carbocycles. The molecule has 0 saturated carbocycles. The van der Waals surface area contributed by atoms with E-state index in [4.69, 9.17) is 11.6 Å².